The van der Waals surface area contributed by atoms with Crippen molar-refractivity contribution in [2.24, 2.45) is 5.73 Å². The van der Waals surface area contributed by atoms with E-state index in [1.54, 1.807) is 0 Å². The zero-order valence-electron chi connectivity index (χ0n) is 12.6. The average molecular weight is 327 g/mol. The highest BCUT2D eigenvalue weighted by atomic mass is 79.9. The van der Waals surface area contributed by atoms with Gasteiger partial charge in [-0.05, 0) is 50.8 Å². The van der Waals surface area contributed by atoms with E-state index in [-0.39, 0.29) is 6.04 Å². The maximum absolute atomic E-state index is 6.04. The van der Waals surface area contributed by atoms with Crippen molar-refractivity contribution < 1.29 is 0 Å². The Morgan fingerprint density at radius 2 is 1.95 bits per heavy atom. The minimum absolute atomic E-state index is 0.249. The molecule has 2 N–H and O–H groups in total. The van der Waals surface area contributed by atoms with Gasteiger partial charge in [0.2, 0.25) is 0 Å². The Hall–Kier alpha value is -0.540. The number of halogens is 1. The molecule has 1 atom stereocenters. The molecule has 108 valence electrons. The van der Waals surface area contributed by atoms with Gasteiger partial charge < -0.3 is 10.6 Å². The molecule has 0 radical (unpaired) electrons. The van der Waals surface area contributed by atoms with Gasteiger partial charge in [0, 0.05) is 28.8 Å². The molecule has 0 fully saturated rings. The van der Waals surface area contributed by atoms with Gasteiger partial charge in [0.1, 0.15) is 0 Å². The van der Waals surface area contributed by atoms with E-state index >= 15 is 0 Å². The van der Waals surface area contributed by atoms with Crippen LogP contribution in [-0.4, -0.2) is 18.6 Å². The second-order valence-electron chi connectivity index (χ2n) is 5.44. The first-order chi connectivity index (χ1) is 8.99. The van der Waals surface area contributed by atoms with Gasteiger partial charge in [0.15, 0.2) is 0 Å². The standard InChI is InChI=1S/C16H27BrN2/c1-5-9-19(12(3)4)15-8-7-13(16(17)11-15)10-14(18)6-2/h7-8,11-12,14H,5-6,9-10,18H2,1-4H3. The van der Waals surface area contributed by atoms with Crippen LogP contribution >= 0.6 is 15.9 Å². The van der Waals surface area contributed by atoms with Crippen LogP contribution in [-0.2, 0) is 6.42 Å². The maximum Gasteiger partial charge on any atom is 0.0380 e. The van der Waals surface area contributed by atoms with Gasteiger partial charge in [-0.15, -0.1) is 0 Å². The predicted octanol–water partition coefficient (Wildman–Crippen LogP) is 4.35. The van der Waals surface area contributed by atoms with E-state index in [2.05, 4.69) is 66.7 Å². The van der Waals surface area contributed by atoms with Crippen LogP contribution in [0, 0.1) is 0 Å². The molecule has 1 rings (SSSR count). The van der Waals surface area contributed by atoms with Crippen molar-refractivity contribution in [3.63, 3.8) is 0 Å². The number of benzene rings is 1. The molecule has 0 amide bonds. The highest BCUT2D eigenvalue weighted by Crippen LogP contribution is 2.26. The number of hydrogen-bond acceptors (Lipinski definition) is 2. The predicted molar refractivity (Wildman–Crippen MR) is 88.9 cm³/mol. The van der Waals surface area contributed by atoms with E-state index in [0.717, 1.165) is 25.8 Å². The molecule has 3 heteroatoms. The van der Waals surface area contributed by atoms with Crippen molar-refractivity contribution in [2.45, 2.75) is 59.0 Å². The Balaban J connectivity index is 2.91. The molecule has 0 aliphatic rings. The first-order valence-corrected chi connectivity index (χ1v) is 8.09. The normalized spacial score (nSPS) is 12.8. The minimum atomic E-state index is 0.249. The summed E-state index contributed by atoms with van der Waals surface area (Å²) in [5.74, 6) is 0. The van der Waals surface area contributed by atoms with Crippen LogP contribution in [0.3, 0.4) is 0 Å². The molecule has 19 heavy (non-hydrogen) atoms. The Bertz CT molecular complexity index is 390. The van der Waals surface area contributed by atoms with Crippen molar-refractivity contribution in [1.29, 1.82) is 0 Å². The molecule has 0 saturated heterocycles. The summed E-state index contributed by atoms with van der Waals surface area (Å²) in [6, 6.07) is 7.43. The van der Waals surface area contributed by atoms with Crippen LogP contribution in [0.1, 0.15) is 46.1 Å². The average Bonchev–Trinajstić information content (AvgIpc) is 2.37. The molecule has 2 nitrogen and oxygen atoms in total. The lowest BCUT2D eigenvalue weighted by Crippen LogP contribution is -2.31. The SMILES string of the molecule is CCCN(c1ccc(CC(N)CC)c(Br)c1)C(C)C. The fourth-order valence-corrected chi connectivity index (χ4v) is 2.76. The maximum atomic E-state index is 6.04. The van der Waals surface area contributed by atoms with Crippen molar-refractivity contribution in [2.75, 3.05) is 11.4 Å². The summed E-state index contributed by atoms with van der Waals surface area (Å²) in [6.45, 7) is 9.93. The van der Waals surface area contributed by atoms with Gasteiger partial charge >= 0.3 is 0 Å². The molecular formula is C16H27BrN2. The minimum Gasteiger partial charge on any atom is -0.369 e. The molecule has 0 heterocycles. The number of anilines is 1. The van der Waals surface area contributed by atoms with Crippen LogP contribution in [0.2, 0.25) is 0 Å². The summed E-state index contributed by atoms with van der Waals surface area (Å²) in [5, 5.41) is 0. The molecule has 0 aromatic heterocycles. The van der Waals surface area contributed by atoms with E-state index in [9.17, 15) is 0 Å². The lowest BCUT2D eigenvalue weighted by Gasteiger charge is -2.29. The number of rotatable bonds is 7. The van der Waals surface area contributed by atoms with E-state index < -0.39 is 0 Å². The van der Waals surface area contributed by atoms with Crippen LogP contribution < -0.4 is 10.6 Å². The summed E-state index contributed by atoms with van der Waals surface area (Å²) in [7, 11) is 0. The van der Waals surface area contributed by atoms with Crippen molar-refractivity contribution in [1.82, 2.24) is 0 Å². The molecule has 1 unspecified atom stereocenters. The van der Waals surface area contributed by atoms with Crippen LogP contribution in [0.25, 0.3) is 0 Å². The van der Waals surface area contributed by atoms with E-state index in [0.29, 0.717) is 6.04 Å². The summed E-state index contributed by atoms with van der Waals surface area (Å²) < 4.78 is 1.18. The van der Waals surface area contributed by atoms with E-state index in [1.807, 2.05) is 0 Å². The summed E-state index contributed by atoms with van der Waals surface area (Å²) in [4.78, 5) is 2.44. The van der Waals surface area contributed by atoms with Gasteiger partial charge in [-0.2, -0.15) is 0 Å². The quantitative estimate of drug-likeness (QED) is 0.806. The molecular weight excluding hydrogens is 300 g/mol. The third kappa shape index (κ3) is 4.81. The van der Waals surface area contributed by atoms with Gasteiger partial charge in [0.05, 0.1) is 0 Å². The fraction of sp³-hybridized carbons (Fsp3) is 0.625. The molecule has 0 aliphatic heterocycles. The largest absolute Gasteiger partial charge is 0.369 e. The van der Waals surface area contributed by atoms with Gasteiger partial charge in [-0.3, -0.25) is 0 Å². The Kier molecular flexibility index (Phi) is 6.87. The summed E-state index contributed by atoms with van der Waals surface area (Å²) in [6.07, 6.45) is 3.12. The van der Waals surface area contributed by atoms with Crippen LogP contribution in [0.5, 0.6) is 0 Å². The van der Waals surface area contributed by atoms with Crippen LogP contribution in [0.4, 0.5) is 5.69 Å². The second-order valence-corrected chi connectivity index (χ2v) is 6.29. The Morgan fingerprint density at radius 1 is 1.26 bits per heavy atom. The van der Waals surface area contributed by atoms with Crippen LogP contribution in [0.15, 0.2) is 22.7 Å². The third-order valence-corrected chi connectivity index (χ3v) is 4.20. The third-order valence-electron chi connectivity index (χ3n) is 3.46. The first-order valence-electron chi connectivity index (χ1n) is 7.30. The second kappa shape index (κ2) is 7.91. The molecule has 1 aromatic rings. The fourth-order valence-electron chi connectivity index (χ4n) is 2.23. The summed E-state index contributed by atoms with van der Waals surface area (Å²) >= 11 is 3.69. The first kappa shape index (κ1) is 16.5. The zero-order chi connectivity index (χ0) is 14.4. The monoisotopic (exact) mass is 326 g/mol. The smallest absolute Gasteiger partial charge is 0.0380 e. The van der Waals surface area contributed by atoms with E-state index in [4.69, 9.17) is 5.73 Å². The molecule has 0 bridgehead atoms. The lowest BCUT2D eigenvalue weighted by molar-refractivity contribution is 0.644. The van der Waals surface area contributed by atoms with E-state index in [1.165, 1.54) is 15.7 Å². The van der Waals surface area contributed by atoms with Crippen molar-refractivity contribution >= 4 is 21.6 Å². The number of nitrogens with zero attached hydrogens (tertiary/aromatic N) is 1. The van der Waals surface area contributed by atoms with Gasteiger partial charge in [-0.1, -0.05) is 35.8 Å². The number of nitrogens with two attached hydrogens (primary N) is 1. The topological polar surface area (TPSA) is 29.3 Å². The molecule has 1 aromatic carbocycles. The zero-order valence-corrected chi connectivity index (χ0v) is 14.2. The highest BCUT2D eigenvalue weighted by molar-refractivity contribution is 9.10. The lowest BCUT2D eigenvalue weighted by atomic mass is 10.0. The highest BCUT2D eigenvalue weighted by Gasteiger charge is 2.12. The number of hydrogen-bond donors (Lipinski definition) is 1. The van der Waals surface area contributed by atoms with Crippen molar-refractivity contribution in [3.8, 4) is 0 Å². The summed E-state index contributed by atoms with van der Waals surface area (Å²) in [5.41, 5.74) is 8.63. The van der Waals surface area contributed by atoms with Gasteiger partial charge in [0.25, 0.3) is 0 Å². The molecule has 0 aliphatic carbocycles. The molecule has 0 spiro atoms. The van der Waals surface area contributed by atoms with Crippen molar-refractivity contribution in [3.05, 3.63) is 28.2 Å². The Labute approximate surface area is 126 Å². The van der Waals surface area contributed by atoms with Gasteiger partial charge in [-0.25, -0.2) is 0 Å². The molecule has 0 saturated carbocycles. The Morgan fingerprint density at radius 3 is 2.42 bits per heavy atom.